The zero-order valence-electron chi connectivity index (χ0n) is 18.2. The van der Waals surface area contributed by atoms with Crippen molar-refractivity contribution in [3.8, 4) is 0 Å². The van der Waals surface area contributed by atoms with Gasteiger partial charge in [-0.3, -0.25) is 4.79 Å². The highest BCUT2D eigenvalue weighted by atomic mass is 16.3. The molecule has 156 valence electrons. The molecule has 0 radical (unpaired) electrons. The van der Waals surface area contributed by atoms with Gasteiger partial charge in [0.05, 0.1) is 6.10 Å². The fraction of sp³-hybridized carbons (Fsp3) is 0.577. The largest absolute Gasteiger partial charge is 0.393 e. The van der Waals surface area contributed by atoms with Gasteiger partial charge in [0.2, 0.25) is 0 Å². The van der Waals surface area contributed by atoms with E-state index in [4.69, 9.17) is 0 Å². The molecule has 0 aromatic heterocycles. The quantitative estimate of drug-likeness (QED) is 0.686. The molecule has 2 fully saturated rings. The van der Waals surface area contributed by atoms with Crippen molar-refractivity contribution in [2.24, 2.45) is 23.2 Å². The molecule has 4 aliphatic rings. The lowest BCUT2D eigenvalue weighted by molar-refractivity contribution is -0.114. The second-order valence-electron chi connectivity index (χ2n) is 9.97. The molecular formula is C26H35NO2. The van der Waals surface area contributed by atoms with Gasteiger partial charge in [0, 0.05) is 32.1 Å². The van der Waals surface area contributed by atoms with E-state index in [-0.39, 0.29) is 23.2 Å². The molecule has 3 heteroatoms. The third kappa shape index (κ3) is 3.38. The van der Waals surface area contributed by atoms with Crippen LogP contribution in [0.4, 0.5) is 0 Å². The van der Waals surface area contributed by atoms with E-state index in [2.05, 4.69) is 26.2 Å². The van der Waals surface area contributed by atoms with Crippen LogP contribution >= 0.6 is 0 Å². The van der Waals surface area contributed by atoms with E-state index in [1.807, 2.05) is 31.1 Å². The van der Waals surface area contributed by atoms with Crippen LogP contribution in [0.5, 0.6) is 0 Å². The lowest BCUT2D eigenvalue weighted by Crippen LogP contribution is -2.45. The molecule has 0 amide bonds. The molecule has 3 unspecified atom stereocenters. The smallest absolute Gasteiger partial charge is 0.156 e. The lowest BCUT2D eigenvalue weighted by Gasteiger charge is -2.52. The summed E-state index contributed by atoms with van der Waals surface area (Å²) in [4.78, 5) is 14.0. The molecule has 5 atom stereocenters. The van der Waals surface area contributed by atoms with Gasteiger partial charge in [-0.05, 0) is 84.6 Å². The highest BCUT2D eigenvalue weighted by molar-refractivity contribution is 5.93. The molecule has 4 rings (SSSR count). The molecular weight excluding hydrogens is 358 g/mol. The summed E-state index contributed by atoms with van der Waals surface area (Å²) in [6.07, 6.45) is 12.4. The summed E-state index contributed by atoms with van der Waals surface area (Å²) in [5, 5.41) is 10.9. The van der Waals surface area contributed by atoms with E-state index in [1.54, 1.807) is 0 Å². The number of aliphatic hydroxyl groups is 1. The molecule has 4 aliphatic carbocycles. The first-order valence-corrected chi connectivity index (χ1v) is 11.1. The number of allylic oxidation sites excluding steroid dienone is 7. The van der Waals surface area contributed by atoms with Crippen LogP contribution in [0, 0.1) is 23.2 Å². The van der Waals surface area contributed by atoms with Gasteiger partial charge in [0.1, 0.15) is 0 Å². The van der Waals surface area contributed by atoms with Crippen LogP contribution in [0.2, 0.25) is 0 Å². The van der Waals surface area contributed by atoms with E-state index in [0.29, 0.717) is 18.3 Å². The molecule has 0 bridgehead atoms. The first-order valence-electron chi connectivity index (χ1n) is 11.1. The average molecular weight is 394 g/mol. The average Bonchev–Trinajstić information content (AvgIpc) is 2.99. The topological polar surface area (TPSA) is 40.5 Å². The number of fused-ring (bicyclic) bond motifs is 4. The number of hydrogen-bond acceptors (Lipinski definition) is 3. The fourth-order valence-corrected chi connectivity index (χ4v) is 6.43. The van der Waals surface area contributed by atoms with Crippen molar-refractivity contribution in [1.82, 2.24) is 4.90 Å². The monoisotopic (exact) mass is 393 g/mol. The highest BCUT2D eigenvalue weighted by Crippen LogP contribution is 2.62. The minimum absolute atomic E-state index is 0.0412. The molecule has 0 aromatic carbocycles. The third-order valence-electron chi connectivity index (χ3n) is 8.19. The van der Waals surface area contributed by atoms with Crippen molar-refractivity contribution in [3.63, 3.8) is 0 Å². The van der Waals surface area contributed by atoms with Crippen LogP contribution in [0.25, 0.3) is 0 Å². The first kappa shape index (κ1) is 20.4. The van der Waals surface area contributed by atoms with Crippen molar-refractivity contribution in [1.29, 1.82) is 0 Å². The third-order valence-corrected chi connectivity index (χ3v) is 8.19. The van der Waals surface area contributed by atoms with Crippen molar-refractivity contribution in [2.45, 2.75) is 58.0 Å². The van der Waals surface area contributed by atoms with Crippen molar-refractivity contribution in [3.05, 3.63) is 59.4 Å². The molecule has 29 heavy (non-hydrogen) atoms. The van der Waals surface area contributed by atoms with Gasteiger partial charge in [-0.15, -0.1) is 0 Å². The summed E-state index contributed by atoms with van der Waals surface area (Å²) in [5.41, 5.74) is 6.27. The van der Waals surface area contributed by atoms with Crippen LogP contribution in [0.3, 0.4) is 0 Å². The van der Waals surface area contributed by atoms with Crippen LogP contribution in [-0.2, 0) is 4.79 Å². The Balaban J connectivity index is 1.77. The highest BCUT2D eigenvalue weighted by Gasteiger charge is 2.56. The summed E-state index contributed by atoms with van der Waals surface area (Å²) in [7, 11) is 3.99. The lowest BCUT2D eigenvalue weighted by atomic mass is 9.53. The van der Waals surface area contributed by atoms with E-state index >= 15 is 0 Å². The number of likely N-dealkylation sites (N-methyl/N-ethyl adjacent to an activating group) is 1. The Morgan fingerprint density at radius 3 is 2.66 bits per heavy atom. The summed E-state index contributed by atoms with van der Waals surface area (Å²) in [5.74, 6) is 1.58. The van der Waals surface area contributed by atoms with Gasteiger partial charge in [0.25, 0.3) is 0 Å². The second-order valence-corrected chi connectivity index (χ2v) is 9.97. The second kappa shape index (κ2) is 7.43. The molecule has 0 heterocycles. The molecule has 0 saturated heterocycles. The Labute approximate surface area is 175 Å². The fourth-order valence-electron chi connectivity index (χ4n) is 6.43. The minimum Gasteiger partial charge on any atom is -0.393 e. The summed E-state index contributed by atoms with van der Waals surface area (Å²) >= 11 is 0. The summed E-state index contributed by atoms with van der Waals surface area (Å²) in [6, 6.07) is 0. The number of aliphatic hydroxyl groups excluding tert-OH is 1. The number of ketones is 1. The summed E-state index contributed by atoms with van der Waals surface area (Å²) < 4.78 is 0. The maximum Gasteiger partial charge on any atom is 0.156 e. The van der Waals surface area contributed by atoms with Crippen LogP contribution in [0.15, 0.2) is 59.4 Å². The minimum atomic E-state index is -0.222. The maximum absolute atomic E-state index is 12.0. The Bertz CT molecular complexity index is 843. The van der Waals surface area contributed by atoms with E-state index in [9.17, 15) is 9.90 Å². The summed E-state index contributed by atoms with van der Waals surface area (Å²) in [6.45, 7) is 10.9. The molecule has 0 aromatic rings. The van der Waals surface area contributed by atoms with Crippen molar-refractivity contribution in [2.75, 3.05) is 14.1 Å². The maximum atomic E-state index is 12.0. The molecule has 2 saturated carbocycles. The number of carbonyl (C=O) groups excluding carboxylic acids is 1. The molecule has 0 aliphatic heterocycles. The van der Waals surface area contributed by atoms with Crippen LogP contribution in [0.1, 0.15) is 51.9 Å². The molecule has 1 N–H and O–H groups in total. The Morgan fingerprint density at radius 1 is 1.17 bits per heavy atom. The van der Waals surface area contributed by atoms with E-state index < -0.39 is 0 Å². The molecule has 0 spiro atoms. The Hall–Kier alpha value is -1.87. The van der Waals surface area contributed by atoms with Gasteiger partial charge < -0.3 is 10.0 Å². The van der Waals surface area contributed by atoms with Crippen LogP contribution < -0.4 is 0 Å². The molecule has 3 nitrogen and oxygen atoms in total. The SMILES string of the molecule is C=C(/C=C\C(=C)N(C)C)[C@H]1C[C@]2(C)C(O)CCC2C2CCC3=CC(=O)CCC3=C21. The van der Waals surface area contributed by atoms with Gasteiger partial charge in [-0.25, -0.2) is 0 Å². The van der Waals surface area contributed by atoms with Gasteiger partial charge in [-0.1, -0.05) is 31.7 Å². The van der Waals surface area contributed by atoms with E-state index in [1.165, 1.54) is 16.7 Å². The Morgan fingerprint density at radius 2 is 1.93 bits per heavy atom. The number of rotatable bonds is 4. The van der Waals surface area contributed by atoms with Gasteiger partial charge >= 0.3 is 0 Å². The zero-order valence-corrected chi connectivity index (χ0v) is 18.2. The predicted octanol–water partition coefficient (Wildman–Crippen LogP) is 4.97. The standard InChI is InChI=1S/C26H35NO2/c1-16(6-7-17(2)27(4)5)22-15-26(3)23(12-13-24(26)29)21-10-8-18-14-19(28)9-11-20(18)25(21)22/h6-7,14,21-24,29H,1-2,8-13,15H2,3-5H3/b7-6-/t21?,22-,23?,24?,26+/m1/s1. The van der Waals surface area contributed by atoms with Crippen molar-refractivity contribution < 1.29 is 9.90 Å². The van der Waals surface area contributed by atoms with Crippen molar-refractivity contribution >= 4 is 5.78 Å². The predicted molar refractivity (Wildman–Crippen MR) is 118 cm³/mol. The first-order chi connectivity index (χ1) is 13.7. The number of carbonyl (C=O) groups is 1. The van der Waals surface area contributed by atoms with Crippen LogP contribution in [-0.4, -0.2) is 36.0 Å². The number of hydrogen-bond donors (Lipinski definition) is 1. The van der Waals surface area contributed by atoms with E-state index in [0.717, 1.165) is 49.8 Å². The Kier molecular flexibility index (Phi) is 5.23. The number of nitrogens with zero attached hydrogens (tertiary/aromatic N) is 1. The normalized spacial score (nSPS) is 36.4. The van der Waals surface area contributed by atoms with Gasteiger partial charge in [-0.2, -0.15) is 0 Å². The zero-order chi connectivity index (χ0) is 20.9. The van der Waals surface area contributed by atoms with Gasteiger partial charge in [0.15, 0.2) is 5.78 Å².